The molecule has 1 unspecified atom stereocenters. The van der Waals surface area contributed by atoms with E-state index in [0.29, 0.717) is 0 Å². The Balaban J connectivity index is 0.000000537. The Labute approximate surface area is 178 Å². The molecule has 0 saturated heterocycles. The minimum absolute atomic E-state index is 0.0231. The van der Waals surface area contributed by atoms with Crippen LogP contribution in [-0.2, 0) is 0 Å². The van der Waals surface area contributed by atoms with E-state index >= 15 is 0 Å². The van der Waals surface area contributed by atoms with Crippen LogP contribution >= 0.6 is 0 Å². The van der Waals surface area contributed by atoms with Crippen molar-refractivity contribution in [2.45, 2.75) is 85.2 Å². The average molecular weight is 394 g/mol. The van der Waals surface area contributed by atoms with Crippen molar-refractivity contribution in [3.63, 3.8) is 0 Å². The first-order valence-electron chi connectivity index (χ1n) is 11.3. The van der Waals surface area contributed by atoms with Gasteiger partial charge in [-0.2, -0.15) is 0 Å². The van der Waals surface area contributed by atoms with Crippen LogP contribution in [0, 0.1) is 0 Å². The van der Waals surface area contributed by atoms with E-state index in [-0.39, 0.29) is 6.17 Å². The highest BCUT2D eigenvalue weighted by molar-refractivity contribution is 6.01. The molecule has 2 N–H and O–H groups in total. The molecule has 0 bridgehead atoms. The monoisotopic (exact) mass is 393 g/mol. The molecule has 0 spiro atoms. The van der Waals surface area contributed by atoms with Crippen molar-refractivity contribution in [3.8, 4) is 0 Å². The van der Waals surface area contributed by atoms with Gasteiger partial charge in [-0.3, -0.25) is 0 Å². The number of nitrogens with one attached hydrogen (secondary N) is 2. The molecule has 3 rings (SSSR count). The number of allylic oxidation sites excluding steroid dienone is 3. The van der Waals surface area contributed by atoms with Gasteiger partial charge in [-0.25, -0.2) is 4.99 Å². The van der Waals surface area contributed by atoms with E-state index in [1.165, 1.54) is 60.9 Å². The van der Waals surface area contributed by atoms with Gasteiger partial charge >= 0.3 is 0 Å². The molecular formula is C26H39N3. The number of amidine groups is 1. The summed E-state index contributed by atoms with van der Waals surface area (Å²) < 4.78 is 0. The topological polar surface area (TPSA) is 36.4 Å². The van der Waals surface area contributed by atoms with Gasteiger partial charge in [0.2, 0.25) is 0 Å². The molecular weight excluding hydrogens is 354 g/mol. The second-order valence-electron chi connectivity index (χ2n) is 8.18. The van der Waals surface area contributed by atoms with E-state index in [4.69, 9.17) is 4.99 Å². The highest BCUT2D eigenvalue weighted by Crippen LogP contribution is 2.30. The van der Waals surface area contributed by atoms with E-state index < -0.39 is 0 Å². The standard InChI is InChI=1S/C21H27N3.C5H12/c1-15(2)14-16(3)22-21-18-12-8-5-9-13-19(18)23-20(24-21)17-10-6-4-7-11-17;1-3-5-4-2/h4,6-7,10-11,14,20,23H,3,5,8-9,12-13H2,1-2H3,(H,22,24);3-5H2,1-2H3. The lowest BCUT2D eigenvalue weighted by molar-refractivity contribution is 0.582. The van der Waals surface area contributed by atoms with Gasteiger partial charge in [0.05, 0.1) is 0 Å². The van der Waals surface area contributed by atoms with E-state index in [9.17, 15) is 0 Å². The summed E-state index contributed by atoms with van der Waals surface area (Å²) in [4.78, 5) is 4.97. The zero-order valence-corrected chi connectivity index (χ0v) is 18.9. The van der Waals surface area contributed by atoms with Gasteiger partial charge in [-0.15, -0.1) is 0 Å². The third-order valence-corrected chi connectivity index (χ3v) is 5.14. The van der Waals surface area contributed by atoms with Crippen LogP contribution in [0.4, 0.5) is 0 Å². The fraction of sp³-hybridized carbons (Fsp3) is 0.500. The van der Waals surface area contributed by atoms with Crippen molar-refractivity contribution in [2.24, 2.45) is 4.99 Å². The zero-order valence-electron chi connectivity index (χ0n) is 18.9. The Kier molecular flexibility index (Phi) is 9.76. The van der Waals surface area contributed by atoms with Crippen molar-refractivity contribution in [1.82, 2.24) is 10.6 Å². The third kappa shape index (κ3) is 7.56. The van der Waals surface area contributed by atoms with Crippen molar-refractivity contribution in [3.05, 3.63) is 71.1 Å². The van der Waals surface area contributed by atoms with Crippen LogP contribution in [0.1, 0.15) is 90.8 Å². The first-order valence-corrected chi connectivity index (χ1v) is 11.3. The lowest BCUT2D eigenvalue weighted by atomic mass is 10.0. The molecule has 1 aromatic carbocycles. The Morgan fingerprint density at radius 3 is 2.41 bits per heavy atom. The van der Waals surface area contributed by atoms with Gasteiger partial charge in [0.1, 0.15) is 12.0 Å². The molecule has 3 heteroatoms. The molecule has 1 aliphatic carbocycles. The summed E-state index contributed by atoms with van der Waals surface area (Å²) in [6.07, 6.45) is 12.1. The number of hydrogen-bond acceptors (Lipinski definition) is 3. The van der Waals surface area contributed by atoms with Gasteiger partial charge in [0.15, 0.2) is 0 Å². The first-order chi connectivity index (χ1) is 14.0. The second-order valence-corrected chi connectivity index (χ2v) is 8.18. The lowest BCUT2D eigenvalue weighted by Crippen LogP contribution is -2.34. The molecule has 1 heterocycles. The summed E-state index contributed by atoms with van der Waals surface area (Å²) in [5, 5.41) is 7.12. The number of nitrogens with zero attached hydrogens (tertiary/aromatic N) is 1. The Morgan fingerprint density at radius 2 is 1.79 bits per heavy atom. The highest BCUT2D eigenvalue weighted by Gasteiger charge is 2.25. The summed E-state index contributed by atoms with van der Waals surface area (Å²) in [7, 11) is 0. The SMILES string of the molecule is C=C(C=C(C)C)NC1=NC(c2ccccc2)NC2=C1CCCCC2.CCCCC. The van der Waals surface area contributed by atoms with E-state index in [0.717, 1.165) is 24.4 Å². The summed E-state index contributed by atoms with van der Waals surface area (Å²) in [5.41, 5.74) is 6.02. The largest absolute Gasteiger partial charge is 0.363 e. The maximum atomic E-state index is 4.97. The van der Waals surface area contributed by atoms with E-state index in [1.54, 1.807) is 0 Å². The molecule has 0 saturated carbocycles. The fourth-order valence-electron chi connectivity index (χ4n) is 3.70. The minimum Gasteiger partial charge on any atom is -0.363 e. The van der Waals surface area contributed by atoms with Crippen LogP contribution < -0.4 is 10.6 Å². The molecule has 1 atom stereocenters. The maximum absolute atomic E-state index is 4.97. The molecule has 0 radical (unpaired) electrons. The van der Waals surface area contributed by atoms with Gasteiger partial charge in [0.25, 0.3) is 0 Å². The minimum atomic E-state index is -0.0231. The fourth-order valence-corrected chi connectivity index (χ4v) is 3.70. The van der Waals surface area contributed by atoms with Crippen LogP contribution in [0.5, 0.6) is 0 Å². The summed E-state index contributed by atoms with van der Waals surface area (Å²) in [6, 6.07) is 10.4. The first kappa shape index (κ1) is 23.0. The highest BCUT2D eigenvalue weighted by atomic mass is 15.2. The third-order valence-electron chi connectivity index (χ3n) is 5.14. The zero-order chi connectivity index (χ0) is 21.1. The van der Waals surface area contributed by atoms with E-state index in [2.05, 4.69) is 75.2 Å². The Morgan fingerprint density at radius 1 is 1.10 bits per heavy atom. The Bertz CT molecular complexity index is 734. The second kappa shape index (κ2) is 12.3. The van der Waals surface area contributed by atoms with Crippen molar-refractivity contribution < 1.29 is 0 Å². The van der Waals surface area contributed by atoms with Crippen LogP contribution in [0.3, 0.4) is 0 Å². The molecule has 0 amide bonds. The molecule has 0 fully saturated rings. The molecule has 1 aliphatic heterocycles. The van der Waals surface area contributed by atoms with Gasteiger partial charge in [0, 0.05) is 17.0 Å². The van der Waals surface area contributed by atoms with Crippen molar-refractivity contribution >= 4 is 5.84 Å². The van der Waals surface area contributed by atoms with Crippen molar-refractivity contribution in [1.29, 1.82) is 0 Å². The smallest absolute Gasteiger partial charge is 0.146 e. The van der Waals surface area contributed by atoms with Crippen LogP contribution in [0.2, 0.25) is 0 Å². The number of hydrogen-bond donors (Lipinski definition) is 2. The predicted octanol–water partition coefficient (Wildman–Crippen LogP) is 7.17. The number of benzene rings is 1. The lowest BCUT2D eigenvalue weighted by Gasteiger charge is -2.28. The summed E-state index contributed by atoms with van der Waals surface area (Å²) in [6.45, 7) is 12.7. The van der Waals surface area contributed by atoms with Gasteiger partial charge in [-0.1, -0.05) is 82.0 Å². The number of rotatable bonds is 5. The van der Waals surface area contributed by atoms with Crippen LogP contribution in [0.25, 0.3) is 0 Å². The number of aliphatic imine (C=N–C) groups is 1. The molecule has 2 aliphatic rings. The molecule has 1 aromatic rings. The van der Waals surface area contributed by atoms with Crippen LogP contribution in [0.15, 0.2) is 70.5 Å². The quantitative estimate of drug-likeness (QED) is 0.520. The molecule has 0 aromatic heterocycles. The Hall–Kier alpha value is -2.29. The molecule has 3 nitrogen and oxygen atoms in total. The maximum Gasteiger partial charge on any atom is 0.146 e. The molecule has 29 heavy (non-hydrogen) atoms. The van der Waals surface area contributed by atoms with Crippen molar-refractivity contribution in [2.75, 3.05) is 0 Å². The number of unbranched alkanes of at least 4 members (excludes halogenated alkanes) is 2. The average Bonchev–Trinajstić information content (AvgIpc) is 2.95. The normalized spacial score (nSPS) is 18.2. The predicted molar refractivity (Wildman–Crippen MR) is 127 cm³/mol. The van der Waals surface area contributed by atoms with Crippen LogP contribution in [-0.4, -0.2) is 5.84 Å². The molecule has 158 valence electrons. The van der Waals surface area contributed by atoms with Gasteiger partial charge < -0.3 is 10.6 Å². The van der Waals surface area contributed by atoms with E-state index in [1.807, 2.05) is 6.07 Å². The van der Waals surface area contributed by atoms with Gasteiger partial charge in [-0.05, 0) is 51.2 Å². The summed E-state index contributed by atoms with van der Waals surface area (Å²) in [5.74, 6) is 0.988. The summed E-state index contributed by atoms with van der Waals surface area (Å²) >= 11 is 0.